The van der Waals surface area contributed by atoms with Crippen LogP contribution in [0.15, 0.2) is 29.4 Å². The lowest BCUT2D eigenvalue weighted by Crippen LogP contribution is -2.20. The number of hydrogen-bond acceptors (Lipinski definition) is 5. The maximum atomic E-state index is 10.6. The lowest BCUT2D eigenvalue weighted by molar-refractivity contribution is -0.133. The third-order valence-electron chi connectivity index (χ3n) is 3.70. The van der Waals surface area contributed by atoms with Gasteiger partial charge in [0.25, 0.3) is 0 Å². The number of benzene rings is 1. The first-order valence-electron chi connectivity index (χ1n) is 6.79. The molecular weight excluding hydrogens is 288 g/mol. The van der Waals surface area contributed by atoms with Gasteiger partial charge in [0.15, 0.2) is 5.82 Å². The van der Waals surface area contributed by atoms with Crippen molar-refractivity contribution in [3.05, 3.63) is 41.2 Å². The van der Waals surface area contributed by atoms with Crippen LogP contribution >= 0.6 is 11.8 Å². The van der Waals surface area contributed by atoms with Crippen LogP contribution in [0.4, 0.5) is 0 Å². The van der Waals surface area contributed by atoms with E-state index in [-0.39, 0.29) is 11.7 Å². The molecule has 1 aliphatic carbocycles. The first-order valence-corrected chi connectivity index (χ1v) is 7.78. The fourth-order valence-corrected chi connectivity index (χ4v) is 3.36. The van der Waals surface area contributed by atoms with Gasteiger partial charge in [0, 0.05) is 5.92 Å². The van der Waals surface area contributed by atoms with Gasteiger partial charge in [-0.05, 0) is 30.4 Å². The van der Waals surface area contributed by atoms with Crippen LogP contribution in [0, 0.1) is 0 Å². The third-order valence-corrected chi connectivity index (χ3v) is 4.62. The lowest BCUT2D eigenvalue weighted by Gasteiger charge is -2.24. The summed E-state index contributed by atoms with van der Waals surface area (Å²) in [5.74, 6) is 5.92. The molecule has 1 atom stereocenters. The van der Waals surface area contributed by atoms with E-state index >= 15 is 0 Å². The Labute approximate surface area is 126 Å². The van der Waals surface area contributed by atoms with Crippen molar-refractivity contribution in [1.29, 1.82) is 0 Å². The van der Waals surface area contributed by atoms with Crippen LogP contribution in [0.25, 0.3) is 0 Å². The van der Waals surface area contributed by atoms with Crippen molar-refractivity contribution >= 4 is 17.7 Å². The largest absolute Gasteiger partial charge is 0.481 e. The maximum absolute atomic E-state index is 10.6. The number of aromatic nitrogens is 3. The Morgan fingerprint density at radius 2 is 2.24 bits per heavy atom. The molecule has 7 heteroatoms. The second-order valence-corrected chi connectivity index (χ2v) is 5.98. The minimum atomic E-state index is -0.896. The SMILES string of the molecule is Nn1c(SCC(=O)O)nnc1C1CCCc2ccccc21. The number of aryl methyl sites for hydroxylation is 1. The van der Waals surface area contributed by atoms with E-state index in [9.17, 15) is 4.79 Å². The summed E-state index contributed by atoms with van der Waals surface area (Å²) >= 11 is 1.09. The number of nitrogens with zero attached hydrogens (tertiary/aromatic N) is 3. The van der Waals surface area contributed by atoms with Crippen molar-refractivity contribution in [2.75, 3.05) is 11.6 Å². The predicted molar refractivity (Wildman–Crippen MR) is 79.8 cm³/mol. The smallest absolute Gasteiger partial charge is 0.313 e. The maximum Gasteiger partial charge on any atom is 0.313 e. The highest BCUT2D eigenvalue weighted by Crippen LogP contribution is 2.35. The summed E-state index contributed by atoms with van der Waals surface area (Å²) in [6.07, 6.45) is 3.15. The molecule has 110 valence electrons. The Hall–Kier alpha value is -2.02. The molecule has 0 amide bonds. The summed E-state index contributed by atoms with van der Waals surface area (Å²) in [6.45, 7) is 0. The van der Waals surface area contributed by atoms with E-state index in [1.165, 1.54) is 15.8 Å². The van der Waals surface area contributed by atoms with Gasteiger partial charge < -0.3 is 10.9 Å². The van der Waals surface area contributed by atoms with Gasteiger partial charge in [0.1, 0.15) is 0 Å². The highest BCUT2D eigenvalue weighted by Gasteiger charge is 2.26. The van der Waals surface area contributed by atoms with Gasteiger partial charge in [-0.2, -0.15) is 0 Å². The average molecular weight is 304 g/mol. The normalized spacial score (nSPS) is 17.4. The van der Waals surface area contributed by atoms with E-state index < -0.39 is 5.97 Å². The third kappa shape index (κ3) is 2.73. The van der Waals surface area contributed by atoms with Crippen LogP contribution in [0.2, 0.25) is 0 Å². The molecule has 6 nitrogen and oxygen atoms in total. The van der Waals surface area contributed by atoms with Gasteiger partial charge in [-0.1, -0.05) is 36.0 Å². The molecule has 0 radical (unpaired) electrons. The van der Waals surface area contributed by atoms with Crippen LogP contribution in [0.1, 0.15) is 35.7 Å². The molecule has 3 rings (SSSR count). The van der Waals surface area contributed by atoms with Crippen molar-refractivity contribution < 1.29 is 9.90 Å². The molecular formula is C14H16N4O2S. The molecule has 21 heavy (non-hydrogen) atoms. The van der Waals surface area contributed by atoms with Crippen molar-refractivity contribution in [2.45, 2.75) is 30.3 Å². The number of rotatable bonds is 4. The summed E-state index contributed by atoms with van der Waals surface area (Å²) in [7, 11) is 0. The second-order valence-electron chi connectivity index (χ2n) is 5.04. The Balaban J connectivity index is 1.90. The first kappa shape index (κ1) is 13.9. The Morgan fingerprint density at radius 3 is 3.05 bits per heavy atom. The molecule has 0 saturated carbocycles. The van der Waals surface area contributed by atoms with E-state index in [4.69, 9.17) is 10.9 Å². The van der Waals surface area contributed by atoms with Crippen LogP contribution in [0.5, 0.6) is 0 Å². The summed E-state index contributed by atoms with van der Waals surface area (Å²) in [4.78, 5) is 10.6. The molecule has 2 aromatic rings. The van der Waals surface area contributed by atoms with E-state index in [0.29, 0.717) is 11.0 Å². The highest BCUT2D eigenvalue weighted by atomic mass is 32.2. The molecule has 0 spiro atoms. The van der Waals surface area contributed by atoms with Crippen LogP contribution in [0.3, 0.4) is 0 Å². The van der Waals surface area contributed by atoms with E-state index in [1.54, 1.807) is 0 Å². The zero-order chi connectivity index (χ0) is 14.8. The summed E-state index contributed by atoms with van der Waals surface area (Å²) in [5.41, 5.74) is 2.58. The molecule has 1 heterocycles. The van der Waals surface area contributed by atoms with E-state index in [2.05, 4.69) is 22.3 Å². The Morgan fingerprint density at radius 1 is 1.43 bits per heavy atom. The number of hydrogen-bond donors (Lipinski definition) is 2. The molecule has 0 saturated heterocycles. The first-order chi connectivity index (χ1) is 10.2. The molecule has 3 N–H and O–H groups in total. The fourth-order valence-electron chi connectivity index (χ4n) is 2.77. The molecule has 0 aliphatic heterocycles. The number of fused-ring (bicyclic) bond motifs is 1. The standard InChI is InChI=1S/C14H16N4O2S/c15-18-13(16-17-14(18)21-8-12(19)20)11-7-3-5-9-4-1-2-6-10(9)11/h1-2,4,6,11H,3,5,7-8,15H2,(H,19,20). The lowest BCUT2D eigenvalue weighted by atomic mass is 9.82. The topological polar surface area (TPSA) is 94.0 Å². The van der Waals surface area contributed by atoms with Crippen LogP contribution in [-0.4, -0.2) is 31.7 Å². The number of carboxylic acid groups (broad SMARTS) is 1. The van der Waals surface area contributed by atoms with Crippen molar-refractivity contribution in [1.82, 2.24) is 14.9 Å². The minimum absolute atomic E-state index is 0.0728. The van der Waals surface area contributed by atoms with Crippen LogP contribution < -0.4 is 5.84 Å². The van der Waals surface area contributed by atoms with E-state index in [0.717, 1.165) is 31.0 Å². The van der Waals surface area contributed by atoms with E-state index in [1.807, 2.05) is 12.1 Å². The monoisotopic (exact) mass is 304 g/mol. The number of carbonyl (C=O) groups is 1. The number of thioether (sulfide) groups is 1. The van der Waals surface area contributed by atoms with Gasteiger partial charge in [0.05, 0.1) is 5.75 Å². The molecule has 1 aliphatic rings. The number of carboxylic acids is 1. The van der Waals surface area contributed by atoms with Crippen molar-refractivity contribution in [3.8, 4) is 0 Å². The quantitative estimate of drug-likeness (QED) is 0.658. The molecule has 1 aromatic carbocycles. The summed E-state index contributed by atoms with van der Waals surface area (Å²) in [5, 5.41) is 17.4. The van der Waals surface area contributed by atoms with Gasteiger partial charge in [-0.25, -0.2) is 4.68 Å². The number of nitrogens with two attached hydrogens (primary N) is 1. The zero-order valence-electron chi connectivity index (χ0n) is 11.4. The number of nitrogen functional groups attached to an aromatic ring is 1. The molecule has 0 bridgehead atoms. The predicted octanol–water partition coefficient (Wildman–Crippen LogP) is 1.64. The summed E-state index contributed by atoms with van der Waals surface area (Å²) < 4.78 is 1.43. The van der Waals surface area contributed by atoms with Gasteiger partial charge in [-0.3, -0.25) is 4.79 Å². The molecule has 0 fully saturated rings. The summed E-state index contributed by atoms with van der Waals surface area (Å²) in [6, 6.07) is 8.31. The zero-order valence-corrected chi connectivity index (χ0v) is 12.2. The minimum Gasteiger partial charge on any atom is -0.481 e. The van der Waals surface area contributed by atoms with Crippen LogP contribution in [-0.2, 0) is 11.2 Å². The van der Waals surface area contributed by atoms with Gasteiger partial charge in [-0.15, -0.1) is 10.2 Å². The van der Waals surface area contributed by atoms with Gasteiger partial charge >= 0.3 is 5.97 Å². The van der Waals surface area contributed by atoms with Crippen molar-refractivity contribution in [3.63, 3.8) is 0 Å². The highest BCUT2D eigenvalue weighted by molar-refractivity contribution is 7.99. The average Bonchev–Trinajstić information content (AvgIpc) is 2.85. The Bertz CT molecular complexity index is 671. The second kappa shape index (κ2) is 5.77. The molecule has 1 aromatic heterocycles. The van der Waals surface area contributed by atoms with Gasteiger partial charge in [0.2, 0.25) is 5.16 Å². The van der Waals surface area contributed by atoms with Crippen molar-refractivity contribution in [2.24, 2.45) is 0 Å². The molecule has 1 unspecified atom stereocenters. The fraction of sp³-hybridized carbons (Fsp3) is 0.357. The number of aliphatic carboxylic acids is 1. The Kier molecular flexibility index (Phi) is 3.83.